The molecule has 0 bridgehead atoms. The van der Waals surface area contributed by atoms with Crippen molar-refractivity contribution in [1.82, 2.24) is 9.88 Å². The predicted molar refractivity (Wildman–Crippen MR) is 153 cm³/mol. The van der Waals surface area contributed by atoms with E-state index in [-0.39, 0.29) is 24.4 Å². The lowest BCUT2D eigenvalue weighted by molar-refractivity contribution is -0.144. The first-order chi connectivity index (χ1) is 18.6. The normalized spacial score (nSPS) is 14.6. The van der Waals surface area contributed by atoms with Gasteiger partial charge in [-0.1, -0.05) is 48.0 Å². The minimum atomic E-state index is -0.776. The van der Waals surface area contributed by atoms with Crippen molar-refractivity contribution in [3.8, 4) is 33.9 Å². The van der Waals surface area contributed by atoms with Gasteiger partial charge in [0.1, 0.15) is 6.10 Å². The van der Waals surface area contributed by atoms with Crippen molar-refractivity contribution < 1.29 is 24.5 Å². The lowest BCUT2D eigenvalue weighted by atomic mass is 9.91. The fourth-order valence-electron chi connectivity index (χ4n) is 4.49. The van der Waals surface area contributed by atoms with Gasteiger partial charge in [0.2, 0.25) is 5.91 Å². The van der Waals surface area contributed by atoms with E-state index in [0.29, 0.717) is 53.8 Å². The summed E-state index contributed by atoms with van der Waals surface area (Å²) in [6.45, 7) is 6.36. The highest BCUT2D eigenvalue weighted by Gasteiger charge is 2.33. The first kappa shape index (κ1) is 28.4. The predicted octanol–water partition coefficient (Wildman–Crippen LogP) is 5.78. The number of phenolic OH excluding ortho intramolecular Hbond substituents is 1. The number of aliphatic hydroxyl groups is 1. The second-order valence-corrected chi connectivity index (χ2v) is 10.7. The summed E-state index contributed by atoms with van der Waals surface area (Å²) in [7, 11) is 1.52. The second-order valence-electron chi connectivity index (χ2n) is 10.3. The van der Waals surface area contributed by atoms with Crippen LogP contribution in [0.3, 0.4) is 0 Å². The number of benzene rings is 2. The van der Waals surface area contributed by atoms with E-state index in [0.717, 1.165) is 16.7 Å². The molecule has 1 aliphatic heterocycles. The Labute approximate surface area is 233 Å². The quantitative estimate of drug-likeness (QED) is 0.272. The van der Waals surface area contributed by atoms with E-state index in [4.69, 9.17) is 21.1 Å². The number of piperidine rings is 1. The summed E-state index contributed by atoms with van der Waals surface area (Å²) >= 11 is 6.55. The van der Waals surface area contributed by atoms with Gasteiger partial charge in [0, 0.05) is 37.1 Å². The monoisotopic (exact) mass is 551 g/mol. The highest BCUT2D eigenvalue weighted by molar-refractivity contribution is 6.33. The van der Waals surface area contributed by atoms with Crippen LogP contribution in [0.4, 0.5) is 5.82 Å². The molecule has 206 valence electrons. The molecule has 0 aliphatic carbocycles. The third kappa shape index (κ3) is 6.34. The van der Waals surface area contributed by atoms with Crippen LogP contribution in [0.1, 0.15) is 32.3 Å². The standard InChI is InChI=1S/C30H34ClN3O5/c1-19-16-24(31)26(21-10-8-20(9-11-21)23-6-5-7-25(38-4)27(23)36)33-28(19)32-18-39-22-12-14-34(15-13-22)29(37)30(2,3)17-35/h5-11,16,18,22,35-36H,12-15,17H2,1-4H3. The van der Waals surface area contributed by atoms with Gasteiger partial charge in [-0.2, -0.15) is 0 Å². The van der Waals surface area contributed by atoms with Crippen molar-refractivity contribution in [1.29, 1.82) is 0 Å². The van der Waals surface area contributed by atoms with E-state index in [1.807, 2.05) is 49.4 Å². The molecular weight excluding hydrogens is 518 g/mol. The molecule has 4 rings (SSSR count). The fraction of sp³-hybridized carbons (Fsp3) is 0.367. The molecule has 2 aromatic carbocycles. The minimum Gasteiger partial charge on any atom is -0.504 e. The molecule has 0 spiro atoms. The van der Waals surface area contributed by atoms with Crippen molar-refractivity contribution >= 4 is 29.7 Å². The summed E-state index contributed by atoms with van der Waals surface area (Å²) in [4.78, 5) is 23.5. The number of methoxy groups -OCH3 is 1. The van der Waals surface area contributed by atoms with E-state index < -0.39 is 5.41 Å². The summed E-state index contributed by atoms with van der Waals surface area (Å²) in [6.07, 6.45) is 2.74. The number of ether oxygens (including phenoxy) is 2. The van der Waals surface area contributed by atoms with Crippen LogP contribution in [0.25, 0.3) is 22.4 Å². The lowest BCUT2D eigenvalue weighted by Gasteiger charge is -2.35. The summed E-state index contributed by atoms with van der Waals surface area (Å²) in [5, 5.41) is 20.5. The largest absolute Gasteiger partial charge is 0.504 e. The number of nitrogens with zero attached hydrogens (tertiary/aromatic N) is 3. The minimum absolute atomic E-state index is 0.0426. The molecule has 2 N–H and O–H groups in total. The molecule has 39 heavy (non-hydrogen) atoms. The number of rotatable bonds is 8. The second kappa shape index (κ2) is 12.1. The Hall–Kier alpha value is -3.62. The van der Waals surface area contributed by atoms with Crippen molar-refractivity contribution in [3.05, 3.63) is 59.1 Å². The van der Waals surface area contributed by atoms with Gasteiger partial charge in [0.15, 0.2) is 23.7 Å². The molecule has 8 nitrogen and oxygen atoms in total. The Morgan fingerprint density at radius 3 is 2.49 bits per heavy atom. The number of hydrogen-bond donors (Lipinski definition) is 2. The maximum atomic E-state index is 12.6. The average Bonchev–Trinajstić information content (AvgIpc) is 2.94. The van der Waals surface area contributed by atoms with Gasteiger partial charge in [0.25, 0.3) is 0 Å². The lowest BCUT2D eigenvalue weighted by Crippen LogP contribution is -2.47. The van der Waals surface area contributed by atoms with Gasteiger partial charge in [-0.15, -0.1) is 0 Å². The van der Waals surface area contributed by atoms with Gasteiger partial charge in [-0.25, -0.2) is 9.98 Å². The number of carbonyl (C=O) groups excluding carboxylic acids is 1. The van der Waals surface area contributed by atoms with Crippen LogP contribution in [0.2, 0.25) is 5.02 Å². The Bertz CT molecular complexity index is 1350. The topological polar surface area (TPSA) is 104 Å². The number of carbonyl (C=O) groups is 1. The van der Waals surface area contributed by atoms with Crippen molar-refractivity contribution in [2.45, 2.75) is 39.7 Å². The first-order valence-electron chi connectivity index (χ1n) is 12.9. The Morgan fingerprint density at radius 1 is 1.18 bits per heavy atom. The van der Waals surface area contributed by atoms with Gasteiger partial charge in [0.05, 0.1) is 29.8 Å². The molecule has 1 fully saturated rings. The van der Waals surface area contributed by atoms with Gasteiger partial charge >= 0.3 is 0 Å². The van der Waals surface area contributed by atoms with Gasteiger partial charge < -0.3 is 24.6 Å². The van der Waals surface area contributed by atoms with Crippen molar-refractivity contribution in [3.63, 3.8) is 0 Å². The summed E-state index contributed by atoms with van der Waals surface area (Å²) < 4.78 is 11.1. The number of para-hydroxylation sites is 1. The summed E-state index contributed by atoms with van der Waals surface area (Å²) in [5.41, 5.74) is 2.94. The van der Waals surface area contributed by atoms with E-state index in [1.54, 1.807) is 24.8 Å². The number of aromatic hydroxyl groups is 1. The zero-order valence-corrected chi connectivity index (χ0v) is 23.4. The number of aromatic nitrogens is 1. The number of halogens is 1. The molecular formula is C30H34ClN3O5. The number of aliphatic imine (C=N–C) groups is 1. The number of pyridine rings is 1. The smallest absolute Gasteiger partial charge is 0.230 e. The highest BCUT2D eigenvalue weighted by atomic mass is 35.5. The zero-order valence-electron chi connectivity index (χ0n) is 22.6. The van der Waals surface area contributed by atoms with Crippen molar-refractivity contribution in [2.24, 2.45) is 10.4 Å². The molecule has 3 aromatic rings. The van der Waals surface area contributed by atoms with Gasteiger partial charge in [-0.3, -0.25) is 4.79 Å². The highest BCUT2D eigenvalue weighted by Crippen LogP contribution is 2.38. The molecule has 2 heterocycles. The third-order valence-corrected chi connectivity index (χ3v) is 7.25. The van der Waals surface area contributed by atoms with E-state index in [2.05, 4.69) is 9.98 Å². The maximum Gasteiger partial charge on any atom is 0.230 e. The number of amides is 1. The zero-order chi connectivity index (χ0) is 28.2. The summed E-state index contributed by atoms with van der Waals surface area (Å²) in [5.74, 6) is 0.955. The number of aryl methyl sites for hydroxylation is 1. The van der Waals surface area contributed by atoms with Crippen LogP contribution in [-0.4, -0.2) is 65.3 Å². The molecule has 0 radical (unpaired) electrons. The molecule has 1 amide bonds. The van der Waals surface area contributed by atoms with Crippen LogP contribution in [-0.2, 0) is 9.53 Å². The number of likely N-dealkylation sites (tertiary alicyclic amines) is 1. The molecule has 0 saturated carbocycles. The first-order valence-corrected chi connectivity index (χ1v) is 13.2. The fourth-order valence-corrected chi connectivity index (χ4v) is 4.80. The molecule has 0 unspecified atom stereocenters. The Morgan fingerprint density at radius 2 is 1.85 bits per heavy atom. The molecule has 1 aliphatic rings. The third-order valence-electron chi connectivity index (χ3n) is 6.96. The molecule has 1 aromatic heterocycles. The van der Waals surface area contributed by atoms with Gasteiger partial charge in [-0.05, 0) is 44.0 Å². The molecule has 9 heteroatoms. The number of aliphatic hydroxyl groups excluding tert-OH is 1. The van der Waals surface area contributed by atoms with E-state index >= 15 is 0 Å². The maximum absolute atomic E-state index is 12.6. The molecule has 0 atom stereocenters. The number of hydrogen-bond acceptors (Lipinski definition) is 7. The van der Waals surface area contributed by atoms with Crippen molar-refractivity contribution in [2.75, 3.05) is 26.8 Å². The van der Waals surface area contributed by atoms with E-state index in [9.17, 15) is 15.0 Å². The van der Waals surface area contributed by atoms with Crippen LogP contribution in [0.15, 0.2) is 53.5 Å². The molecule has 1 saturated heterocycles. The number of phenols is 1. The van der Waals surface area contributed by atoms with Crippen LogP contribution in [0, 0.1) is 12.3 Å². The van der Waals surface area contributed by atoms with Crippen LogP contribution >= 0.6 is 11.6 Å². The van der Waals surface area contributed by atoms with Crippen LogP contribution in [0.5, 0.6) is 11.5 Å². The van der Waals surface area contributed by atoms with Crippen LogP contribution < -0.4 is 4.74 Å². The Balaban J connectivity index is 1.44. The van der Waals surface area contributed by atoms with E-state index in [1.165, 1.54) is 13.5 Å². The average molecular weight is 552 g/mol. The SMILES string of the molecule is COc1cccc(-c2ccc(-c3nc(N=COC4CCN(C(=O)C(C)(C)CO)CC4)c(C)cc3Cl)cc2)c1O. The summed E-state index contributed by atoms with van der Waals surface area (Å²) in [6, 6.07) is 14.8. The Kier molecular flexibility index (Phi) is 8.77.